The Kier molecular flexibility index (Phi) is 9.06. The number of phenols is 1. The molecule has 0 aliphatic rings. The predicted molar refractivity (Wildman–Crippen MR) is 124 cm³/mol. The standard InChI is InChI=1S/C20H10Cl2F6N4O2S.ClH/c1-34-15-4-9(2-3-14(15)33)8-30-18-17(35-20(26,27)28)13(7-29)31-32(18)16-11(21)5-10(6-12(16)22)19(23,24)25;/h2-6,8,33H,1H3;1H/b30-8+;. The minimum atomic E-state index is -4.86. The fraction of sp³-hybridized carbons (Fsp3) is 0.150. The molecular formula is C20H11Cl3F6N4O2S. The molecule has 3 aromatic rings. The molecular weight excluding hydrogens is 581 g/mol. The van der Waals surface area contributed by atoms with Crippen LogP contribution in [0.15, 0.2) is 40.2 Å². The fourth-order valence-corrected chi connectivity index (χ4v) is 4.08. The zero-order chi connectivity index (χ0) is 26.1. The SMILES string of the molecule is COc1cc(/C=N/c2c(SC(F)(F)F)c(C#N)nn2-c2c(Cl)cc(C(F)(F)F)cc2Cl)ccc1O.Cl. The van der Waals surface area contributed by atoms with Gasteiger partial charge in [0.15, 0.2) is 23.0 Å². The summed E-state index contributed by atoms with van der Waals surface area (Å²) in [6.45, 7) is 0. The third kappa shape index (κ3) is 6.50. The minimum Gasteiger partial charge on any atom is -0.504 e. The Bertz CT molecular complexity index is 1330. The molecule has 0 amide bonds. The van der Waals surface area contributed by atoms with Crippen molar-refractivity contribution in [3.63, 3.8) is 0 Å². The monoisotopic (exact) mass is 590 g/mol. The molecule has 0 bridgehead atoms. The number of alkyl halides is 6. The molecule has 36 heavy (non-hydrogen) atoms. The molecule has 0 spiro atoms. The van der Waals surface area contributed by atoms with Gasteiger partial charge in [-0.25, -0.2) is 9.67 Å². The Morgan fingerprint density at radius 3 is 2.25 bits per heavy atom. The summed E-state index contributed by atoms with van der Waals surface area (Å²) in [5.41, 5.74) is -6.93. The van der Waals surface area contributed by atoms with E-state index >= 15 is 0 Å². The van der Waals surface area contributed by atoms with Gasteiger partial charge in [-0.3, -0.25) is 0 Å². The van der Waals surface area contributed by atoms with Crippen LogP contribution in [-0.4, -0.2) is 33.7 Å². The zero-order valence-corrected chi connectivity index (χ0v) is 20.6. The second-order valence-electron chi connectivity index (χ2n) is 6.55. The van der Waals surface area contributed by atoms with Crippen LogP contribution in [-0.2, 0) is 6.18 Å². The van der Waals surface area contributed by atoms with Crippen LogP contribution in [0.3, 0.4) is 0 Å². The maximum atomic E-state index is 13.2. The lowest BCUT2D eigenvalue weighted by Gasteiger charge is -2.13. The average Bonchev–Trinajstić information content (AvgIpc) is 3.07. The van der Waals surface area contributed by atoms with E-state index in [1.165, 1.54) is 31.4 Å². The van der Waals surface area contributed by atoms with Gasteiger partial charge in [-0.05, 0) is 47.7 Å². The number of rotatable bonds is 5. The van der Waals surface area contributed by atoms with Crippen LogP contribution in [0, 0.1) is 11.3 Å². The number of thioether (sulfide) groups is 1. The van der Waals surface area contributed by atoms with Gasteiger partial charge in [0.1, 0.15) is 11.8 Å². The third-order valence-corrected chi connectivity index (χ3v) is 5.63. The van der Waals surface area contributed by atoms with E-state index in [1.807, 2.05) is 0 Å². The number of aliphatic imine (C=N–C) groups is 1. The van der Waals surface area contributed by atoms with Crippen LogP contribution < -0.4 is 4.74 Å². The number of hydrogen-bond acceptors (Lipinski definition) is 6. The number of hydrogen-bond donors (Lipinski definition) is 1. The minimum absolute atomic E-state index is 0. The Labute approximate surface area is 219 Å². The highest BCUT2D eigenvalue weighted by Crippen LogP contribution is 2.46. The summed E-state index contributed by atoms with van der Waals surface area (Å²) in [4.78, 5) is 3.26. The number of nitrogens with zero attached hydrogens (tertiary/aromatic N) is 4. The van der Waals surface area contributed by atoms with Gasteiger partial charge in [-0.15, -0.1) is 12.4 Å². The van der Waals surface area contributed by atoms with Crippen molar-refractivity contribution in [3.05, 3.63) is 57.2 Å². The number of benzene rings is 2. The molecule has 0 radical (unpaired) electrons. The molecule has 16 heteroatoms. The molecule has 1 aromatic heterocycles. The van der Waals surface area contributed by atoms with Gasteiger partial charge in [-0.1, -0.05) is 23.2 Å². The molecule has 0 fully saturated rings. The van der Waals surface area contributed by atoms with Crippen molar-refractivity contribution >= 4 is 59.4 Å². The van der Waals surface area contributed by atoms with Crippen molar-refractivity contribution in [2.75, 3.05) is 7.11 Å². The van der Waals surface area contributed by atoms with E-state index in [-0.39, 0.29) is 29.5 Å². The molecule has 0 aliphatic carbocycles. The van der Waals surface area contributed by atoms with Crippen molar-refractivity contribution in [3.8, 4) is 23.3 Å². The summed E-state index contributed by atoms with van der Waals surface area (Å²) in [6.07, 6.45) is -3.73. The summed E-state index contributed by atoms with van der Waals surface area (Å²) >= 11 is 11.3. The number of halogens is 9. The second kappa shape index (κ2) is 11.1. The summed E-state index contributed by atoms with van der Waals surface area (Å²) in [6, 6.07) is 6.46. The summed E-state index contributed by atoms with van der Waals surface area (Å²) in [5.74, 6) is -0.739. The molecule has 3 rings (SSSR count). The first kappa shape index (κ1) is 29.4. The molecule has 1 N–H and O–H groups in total. The van der Waals surface area contributed by atoms with Crippen LogP contribution in [0.2, 0.25) is 10.0 Å². The van der Waals surface area contributed by atoms with Crippen LogP contribution in [0.25, 0.3) is 5.69 Å². The fourth-order valence-electron chi connectivity index (χ4n) is 2.79. The lowest BCUT2D eigenvalue weighted by Crippen LogP contribution is -2.07. The van der Waals surface area contributed by atoms with Crippen molar-refractivity contribution in [2.24, 2.45) is 4.99 Å². The van der Waals surface area contributed by atoms with Gasteiger partial charge in [0, 0.05) is 6.21 Å². The van der Waals surface area contributed by atoms with Crippen molar-refractivity contribution < 1.29 is 36.2 Å². The first-order chi connectivity index (χ1) is 16.2. The van der Waals surface area contributed by atoms with E-state index in [1.54, 1.807) is 0 Å². The molecule has 6 nitrogen and oxygen atoms in total. The maximum absolute atomic E-state index is 13.2. The first-order valence-corrected chi connectivity index (χ1v) is 10.6. The topological polar surface area (TPSA) is 83.4 Å². The second-order valence-corrected chi connectivity index (χ2v) is 8.44. The Morgan fingerprint density at radius 2 is 1.75 bits per heavy atom. The Hall–Kier alpha value is -2.79. The number of aromatic hydroxyl groups is 1. The number of phenolic OH excluding ortho intramolecular Hbond substituents is 1. The number of aromatic nitrogens is 2. The third-order valence-electron chi connectivity index (χ3n) is 4.24. The molecule has 0 saturated heterocycles. The van der Waals surface area contributed by atoms with Crippen LogP contribution in [0.5, 0.6) is 11.5 Å². The molecule has 0 saturated carbocycles. The summed E-state index contributed by atoms with van der Waals surface area (Å²) in [7, 11) is 1.27. The van der Waals surface area contributed by atoms with Crippen LogP contribution in [0.1, 0.15) is 16.8 Å². The van der Waals surface area contributed by atoms with Gasteiger partial charge in [0.25, 0.3) is 0 Å². The van der Waals surface area contributed by atoms with Gasteiger partial charge in [-0.2, -0.15) is 36.7 Å². The molecule has 0 atom stereocenters. The van der Waals surface area contributed by atoms with E-state index in [0.29, 0.717) is 16.8 Å². The van der Waals surface area contributed by atoms with Crippen molar-refractivity contribution in [1.82, 2.24) is 9.78 Å². The largest absolute Gasteiger partial charge is 0.504 e. The predicted octanol–water partition coefficient (Wildman–Crippen LogP) is 7.57. The lowest BCUT2D eigenvalue weighted by atomic mass is 10.2. The lowest BCUT2D eigenvalue weighted by molar-refractivity contribution is -0.137. The van der Waals surface area contributed by atoms with E-state index in [4.69, 9.17) is 27.9 Å². The number of ether oxygens (including phenoxy) is 1. The van der Waals surface area contributed by atoms with Crippen molar-refractivity contribution in [2.45, 2.75) is 16.6 Å². The molecule has 0 aliphatic heterocycles. The highest BCUT2D eigenvalue weighted by Gasteiger charge is 2.36. The Morgan fingerprint density at radius 1 is 1.14 bits per heavy atom. The molecule has 192 valence electrons. The first-order valence-electron chi connectivity index (χ1n) is 9.01. The van der Waals surface area contributed by atoms with Gasteiger partial charge >= 0.3 is 11.7 Å². The maximum Gasteiger partial charge on any atom is 0.446 e. The number of nitriles is 1. The van der Waals surface area contributed by atoms with Crippen LogP contribution >= 0.6 is 47.4 Å². The van der Waals surface area contributed by atoms with Crippen LogP contribution in [0.4, 0.5) is 32.2 Å². The Balaban J connectivity index is 0.00000456. The summed E-state index contributed by atoms with van der Waals surface area (Å²) < 4.78 is 84.7. The smallest absolute Gasteiger partial charge is 0.446 e. The van der Waals surface area contributed by atoms with E-state index in [9.17, 15) is 36.7 Å². The molecule has 2 aromatic carbocycles. The molecule has 1 heterocycles. The average molecular weight is 592 g/mol. The highest BCUT2D eigenvalue weighted by molar-refractivity contribution is 8.00. The zero-order valence-electron chi connectivity index (χ0n) is 17.4. The van der Waals surface area contributed by atoms with Crippen molar-refractivity contribution in [1.29, 1.82) is 5.26 Å². The van der Waals surface area contributed by atoms with E-state index in [0.717, 1.165) is 6.21 Å². The summed E-state index contributed by atoms with van der Waals surface area (Å²) in [5, 5.41) is 21.6. The number of methoxy groups -OCH3 is 1. The van der Waals surface area contributed by atoms with Gasteiger partial charge < -0.3 is 9.84 Å². The molecule has 0 unspecified atom stereocenters. The van der Waals surface area contributed by atoms with E-state index in [2.05, 4.69) is 10.1 Å². The van der Waals surface area contributed by atoms with Gasteiger partial charge in [0.05, 0.1) is 27.6 Å². The van der Waals surface area contributed by atoms with E-state index < -0.39 is 61.1 Å². The quantitative estimate of drug-likeness (QED) is 0.188. The highest BCUT2D eigenvalue weighted by atomic mass is 35.5. The normalized spacial score (nSPS) is 11.9. The van der Waals surface area contributed by atoms with Gasteiger partial charge in [0.2, 0.25) is 0 Å².